The fourth-order valence-corrected chi connectivity index (χ4v) is 2.92. The number of hydrogen-bond donors (Lipinski definition) is 3. The predicted octanol–water partition coefficient (Wildman–Crippen LogP) is 1.99. The number of benzene rings is 1. The zero-order valence-electron chi connectivity index (χ0n) is 13.5. The van der Waals surface area contributed by atoms with E-state index in [1.54, 1.807) is 6.07 Å². The van der Waals surface area contributed by atoms with Gasteiger partial charge in [-0.2, -0.15) is 0 Å². The average Bonchev–Trinajstić information content (AvgIpc) is 2.91. The van der Waals surface area contributed by atoms with Crippen molar-refractivity contribution in [3.63, 3.8) is 0 Å². The molecule has 2 amide bonds. The Balaban J connectivity index is 0.00000264. The number of carbonyl (C=O) groups is 2. The molecule has 2 atom stereocenters. The number of nitrogens with one attached hydrogen (secondary N) is 2. The lowest BCUT2D eigenvalue weighted by molar-refractivity contribution is -0.122. The monoisotopic (exact) mass is 339 g/mol. The molecule has 5 nitrogen and oxygen atoms in total. The largest absolute Gasteiger partial charge is 0.352 e. The van der Waals surface area contributed by atoms with Crippen LogP contribution in [0.5, 0.6) is 0 Å². The second kappa shape index (κ2) is 9.53. The van der Waals surface area contributed by atoms with Crippen LogP contribution in [0.25, 0.3) is 0 Å². The Morgan fingerprint density at radius 2 is 2.04 bits per heavy atom. The summed E-state index contributed by atoms with van der Waals surface area (Å²) in [5.74, 6) is 0.250. The van der Waals surface area contributed by atoms with E-state index in [0.29, 0.717) is 31.0 Å². The summed E-state index contributed by atoms with van der Waals surface area (Å²) in [6, 6.07) is 7.48. The van der Waals surface area contributed by atoms with Gasteiger partial charge in [0.05, 0.1) is 0 Å². The van der Waals surface area contributed by atoms with E-state index in [1.165, 1.54) is 0 Å². The van der Waals surface area contributed by atoms with Crippen molar-refractivity contribution in [2.24, 2.45) is 11.7 Å². The predicted molar refractivity (Wildman–Crippen MR) is 93.5 cm³/mol. The molecule has 0 unspecified atom stereocenters. The summed E-state index contributed by atoms with van der Waals surface area (Å²) in [6.07, 6.45) is 3.68. The van der Waals surface area contributed by atoms with Crippen molar-refractivity contribution in [2.45, 2.75) is 45.2 Å². The summed E-state index contributed by atoms with van der Waals surface area (Å²) < 4.78 is 0. The molecule has 1 aromatic carbocycles. The number of hydrogen-bond acceptors (Lipinski definition) is 3. The topological polar surface area (TPSA) is 84.2 Å². The van der Waals surface area contributed by atoms with Crippen LogP contribution in [0.15, 0.2) is 24.3 Å². The van der Waals surface area contributed by atoms with Crippen molar-refractivity contribution in [1.29, 1.82) is 0 Å². The van der Waals surface area contributed by atoms with Gasteiger partial charge in [-0.15, -0.1) is 12.4 Å². The maximum atomic E-state index is 12.0. The Kier molecular flexibility index (Phi) is 8.06. The van der Waals surface area contributed by atoms with Gasteiger partial charge in [0.1, 0.15) is 0 Å². The number of halogens is 1. The van der Waals surface area contributed by atoms with Crippen molar-refractivity contribution < 1.29 is 9.59 Å². The third-order valence-electron chi connectivity index (χ3n) is 4.18. The van der Waals surface area contributed by atoms with Gasteiger partial charge in [-0.05, 0) is 43.4 Å². The van der Waals surface area contributed by atoms with E-state index in [4.69, 9.17) is 5.73 Å². The van der Waals surface area contributed by atoms with Crippen LogP contribution in [0.3, 0.4) is 0 Å². The molecule has 1 aromatic rings. The highest BCUT2D eigenvalue weighted by Gasteiger charge is 2.25. The van der Waals surface area contributed by atoms with E-state index in [1.807, 2.05) is 25.1 Å². The van der Waals surface area contributed by atoms with Crippen LogP contribution >= 0.6 is 12.4 Å². The SMILES string of the molecule is CCNC(=O)c1cccc(CNC(=O)C[C@@H]2CCC[C@H]2N)c1.Cl. The molecule has 23 heavy (non-hydrogen) atoms. The highest BCUT2D eigenvalue weighted by atomic mass is 35.5. The maximum Gasteiger partial charge on any atom is 0.251 e. The first-order chi connectivity index (χ1) is 10.6. The first-order valence-electron chi connectivity index (χ1n) is 7.99. The van der Waals surface area contributed by atoms with E-state index >= 15 is 0 Å². The molecule has 0 aliphatic heterocycles. The van der Waals surface area contributed by atoms with Gasteiger partial charge in [0.15, 0.2) is 0 Å². The lowest BCUT2D eigenvalue weighted by Crippen LogP contribution is -2.31. The molecule has 4 N–H and O–H groups in total. The van der Waals surface area contributed by atoms with Crippen molar-refractivity contribution >= 4 is 24.2 Å². The quantitative estimate of drug-likeness (QED) is 0.741. The third kappa shape index (κ3) is 5.84. The first-order valence-corrected chi connectivity index (χ1v) is 7.99. The minimum absolute atomic E-state index is 0. The first kappa shape index (κ1) is 19.5. The van der Waals surface area contributed by atoms with E-state index in [2.05, 4.69) is 10.6 Å². The Morgan fingerprint density at radius 1 is 1.26 bits per heavy atom. The maximum absolute atomic E-state index is 12.0. The molecule has 1 saturated carbocycles. The Labute approximate surface area is 143 Å². The standard InChI is InChI=1S/C17H25N3O2.ClH/c1-2-19-17(22)14-7-3-5-12(9-14)11-20-16(21)10-13-6-4-8-15(13)18;/h3,5,7,9,13,15H,2,4,6,8,10-11,18H2,1H3,(H,19,22)(H,20,21);1H/t13-,15+;/m0./s1. The number of nitrogens with two attached hydrogens (primary N) is 1. The molecule has 1 aliphatic rings. The summed E-state index contributed by atoms with van der Waals surface area (Å²) >= 11 is 0. The minimum atomic E-state index is -0.0902. The fraction of sp³-hybridized carbons (Fsp3) is 0.529. The van der Waals surface area contributed by atoms with Crippen molar-refractivity contribution in [2.75, 3.05) is 6.54 Å². The van der Waals surface area contributed by atoms with E-state index in [9.17, 15) is 9.59 Å². The highest BCUT2D eigenvalue weighted by Crippen LogP contribution is 2.26. The molecule has 1 aliphatic carbocycles. The summed E-state index contributed by atoms with van der Waals surface area (Å²) in [5, 5.41) is 5.69. The van der Waals surface area contributed by atoms with Crippen molar-refractivity contribution in [1.82, 2.24) is 10.6 Å². The summed E-state index contributed by atoms with van der Waals surface area (Å²) in [6.45, 7) is 2.92. The summed E-state index contributed by atoms with van der Waals surface area (Å²) in [5.41, 5.74) is 7.53. The molecule has 0 heterocycles. The molecule has 0 spiro atoms. The van der Waals surface area contributed by atoms with Crippen LogP contribution in [0.1, 0.15) is 48.5 Å². The van der Waals surface area contributed by atoms with Crippen molar-refractivity contribution in [3.05, 3.63) is 35.4 Å². The third-order valence-corrected chi connectivity index (χ3v) is 4.18. The minimum Gasteiger partial charge on any atom is -0.352 e. The van der Waals surface area contributed by atoms with Crippen LogP contribution in [0.4, 0.5) is 0 Å². The molecule has 128 valence electrons. The smallest absolute Gasteiger partial charge is 0.251 e. The van der Waals surface area contributed by atoms with Gasteiger partial charge in [0.2, 0.25) is 5.91 Å². The summed E-state index contributed by atoms with van der Waals surface area (Å²) in [7, 11) is 0. The van der Waals surface area contributed by atoms with Crippen LogP contribution in [0.2, 0.25) is 0 Å². The summed E-state index contributed by atoms with van der Waals surface area (Å²) in [4.78, 5) is 23.8. The zero-order valence-corrected chi connectivity index (χ0v) is 14.3. The van der Waals surface area contributed by atoms with Crippen molar-refractivity contribution in [3.8, 4) is 0 Å². The molecule has 6 heteroatoms. The molecule has 2 rings (SSSR count). The second-order valence-corrected chi connectivity index (χ2v) is 5.90. The number of rotatable bonds is 6. The lowest BCUT2D eigenvalue weighted by Gasteiger charge is -2.15. The number of amides is 2. The van der Waals surface area contributed by atoms with Crippen LogP contribution in [-0.4, -0.2) is 24.4 Å². The van der Waals surface area contributed by atoms with Gasteiger partial charge in [-0.1, -0.05) is 18.6 Å². The zero-order chi connectivity index (χ0) is 15.9. The van der Waals surface area contributed by atoms with Crippen LogP contribution in [-0.2, 0) is 11.3 Å². The van der Waals surface area contributed by atoms with E-state index < -0.39 is 0 Å². The Bertz CT molecular complexity index is 536. The van der Waals surface area contributed by atoms with Gasteiger partial charge in [0, 0.05) is 31.1 Å². The molecule has 0 bridgehead atoms. The average molecular weight is 340 g/mol. The fourth-order valence-electron chi connectivity index (χ4n) is 2.92. The van der Waals surface area contributed by atoms with Gasteiger partial charge >= 0.3 is 0 Å². The van der Waals surface area contributed by atoms with E-state index in [-0.39, 0.29) is 30.3 Å². The molecule has 0 aromatic heterocycles. The second-order valence-electron chi connectivity index (χ2n) is 5.90. The number of carbonyl (C=O) groups excluding carboxylic acids is 2. The Hall–Kier alpha value is -1.59. The Morgan fingerprint density at radius 3 is 2.70 bits per heavy atom. The highest BCUT2D eigenvalue weighted by molar-refractivity contribution is 5.94. The van der Waals surface area contributed by atoms with Crippen LogP contribution < -0.4 is 16.4 Å². The molecular formula is C17H26ClN3O2. The molecule has 0 radical (unpaired) electrons. The normalized spacial score (nSPS) is 19.7. The van der Waals surface area contributed by atoms with Gasteiger partial charge in [-0.25, -0.2) is 0 Å². The van der Waals surface area contributed by atoms with Gasteiger partial charge in [0.25, 0.3) is 5.91 Å². The molecular weight excluding hydrogens is 314 g/mol. The van der Waals surface area contributed by atoms with Gasteiger partial charge < -0.3 is 16.4 Å². The van der Waals surface area contributed by atoms with Gasteiger partial charge in [-0.3, -0.25) is 9.59 Å². The van der Waals surface area contributed by atoms with Crippen LogP contribution in [0, 0.1) is 5.92 Å². The molecule has 0 saturated heterocycles. The molecule has 1 fully saturated rings. The lowest BCUT2D eigenvalue weighted by atomic mass is 10.00. The van der Waals surface area contributed by atoms with E-state index in [0.717, 1.165) is 24.8 Å².